The van der Waals surface area contributed by atoms with Crippen molar-refractivity contribution in [2.75, 3.05) is 11.1 Å². The number of fused-ring (bicyclic) bond motifs is 1. The molecular formula is C19H25N3. The minimum absolute atomic E-state index is 0.680. The molecule has 0 bridgehead atoms. The molecule has 0 aliphatic rings. The van der Waals surface area contributed by atoms with Gasteiger partial charge in [-0.3, -0.25) is 4.98 Å². The topological polar surface area (TPSA) is 50.9 Å². The summed E-state index contributed by atoms with van der Waals surface area (Å²) in [6.45, 7) is 8.00. The Kier molecular flexibility index (Phi) is 7.48. The van der Waals surface area contributed by atoms with Crippen molar-refractivity contribution in [1.82, 2.24) is 4.98 Å². The second-order valence-corrected chi connectivity index (χ2v) is 4.17. The summed E-state index contributed by atoms with van der Waals surface area (Å²) in [7, 11) is 0. The highest BCUT2D eigenvalue weighted by Gasteiger charge is 1.98. The lowest BCUT2D eigenvalue weighted by molar-refractivity contribution is 1.41. The smallest absolute Gasteiger partial charge is 0.0705 e. The molecule has 0 amide bonds. The first kappa shape index (κ1) is 17.5. The first-order chi connectivity index (χ1) is 10.8. The van der Waals surface area contributed by atoms with E-state index in [2.05, 4.69) is 10.3 Å². The summed E-state index contributed by atoms with van der Waals surface area (Å²) < 4.78 is 0. The van der Waals surface area contributed by atoms with E-state index in [4.69, 9.17) is 5.73 Å². The van der Waals surface area contributed by atoms with Gasteiger partial charge in [0.05, 0.1) is 17.4 Å². The number of nitrogens with zero attached hydrogens (tertiary/aromatic N) is 1. The number of hydrogen-bond acceptors (Lipinski definition) is 3. The van der Waals surface area contributed by atoms with E-state index in [1.54, 1.807) is 6.20 Å². The molecule has 0 unspecified atom stereocenters. The number of hydrogen-bond donors (Lipinski definition) is 2. The van der Waals surface area contributed by atoms with Crippen LogP contribution in [0.1, 0.15) is 27.7 Å². The van der Waals surface area contributed by atoms with E-state index in [1.165, 1.54) is 0 Å². The summed E-state index contributed by atoms with van der Waals surface area (Å²) in [6, 6.07) is 18.0. The van der Waals surface area contributed by atoms with Gasteiger partial charge in [0.1, 0.15) is 0 Å². The maximum Gasteiger partial charge on any atom is 0.0705 e. The Bertz CT molecular complexity index is 679. The summed E-state index contributed by atoms with van der Waals surface area (Å²) in [5.74, 6) is 0. The molecule has 3 aromatic rings. The van der Waals surface area contributed by atoms with Gasteiger partial charge >= 0.3 is 0 Å². The van der Waals surface area contributed by atoms with E-state index >= 15 is 0 Å². The lowest BCUT2D eigenvalue weighted by Crippen LogP contribution is -1.91. The van der Waals surface area contributed by atoms with Gasteiger partial charge in [-0.1, -0.05) is 45.9 Å². The SMILES string of the molecule is CC.CC.Nc1cnc2ccc(Nc3ccccc3)cc2c1. The van der Waals surface area contributed by atoms with Crippen LogP contribution in [0.15, 0.2) is 60.8 Å². The molecule has 116 valence electrons. The maximum atomic E-state index is 5.74. The van der Waals surface area contributed by atoms with Crippen LogP contribution in [-0.4, -0.2) is 4.98 Å². The minimum Gasteiger partial charge on any atom is -0.397 e. The number of benzene rings is 2. The number of pyridine rings is 1. The number of para-hydroxylation sites is 1. The molecular weight excluding hydrogens is 270 g/mol. The van der Waals surface area contributed by atoms with Crippen molar-refractivity contribution >= 4 is 28.0 Å². The lowest BCUT2D eigenvalue weighted by Gasteiger charge is -2.07. The average Bonchev–Trinajstić information content (AvgIpc) is 2.59. The predicted octanol–water partition coefficient (Wildman–Crippen LogP) is 5.61. The predicted molar refractivity (Wildman–Crippen MR) is 98.6 cm³/mol. The summed E-state index contributed by atoms with van der Waals surface area (Å²) in [4.78, 5) is 4.28. The Hall–Kier alpha value is -2.55. The van der Waals surface area contributed by atoms with Crippen molar-refractivity contribution in [2.45, 2.75) is 27.7 Å². The van der Waals surface area contributed by atoms with Gasteiger partial charge in [0.25, 0.3) is 0 Å². The van der Waals surface area contributed by atoms with Gasteiger partial charge in [-0.2, -0.15) is 0 Å². The average molecular weight is 295 g/mol. The van der Waals surface area contributed by atoms with Crippen molar-refractivity contribution in [3.8, 4) is 0 Å². The van der Waals surface area contributed by atoms with Gasteiger partial charge in [0.2, 0.25) is 0 Å². The highest BCUT2D eigenvalue weighted by Crippen LogP contribution is 2.22. The summed E-state index contributed by atoms with van der Waals surface area (Å²) in [5, 5.41) is 4.38. The van der Waals surface area contributed by atoms with E-state index in [-0.39, 0.29) is 0 Å². The number of rotatable bonds is 2. The molecule has 0 aliphatic heterocycles. The molecule has 0 radical (unpaired) electrons. The highest BCUT2D eigenvalue weighted by atomic mass is 14.9. The molecule has 0 atom stereocenters. The van der Waals surface area contributed by atoms with Crippen molar-refractivity contribution < 1.29 is 0 Å². The zero-order chi connectivity index (χ0) is 16.4. The molecule has 0 spiro atoms. The van der Waals surface area contributed by atoms with Crippen LogP contribution in [0.3, 0.4) is 0 Å². The van der Waals surface area contributed by atoms with Crippen LogP contribution in [0.2, 0.25) is 0 Å². The number of nitrogens with two attached hydrogens (primary N) is 1. The molecule has 0 aliphatic carbocycles. The molecule has 0 fully saturated rings. The van der Waals surface area contributed by atoms with Crippen molar-refractivity contribution in [3.63, 3.8) is 0 Å². The Labute approximate surface area is 133 Å². The maximum absolute atomic E-state index is 5.74. The van der Waals surface area contributed by atoms with Crippen LogP contribution in [0.5, 0.6) is 0 Å². The quantitative estimate of drug-likeness (QED) is 0.645. The van der Waals surface area contributed by atoms with E-state index in [0.29, 0.717) is 5.69 Å². The Morgan fingerprint density at radius 3 is 2.18 bits per heavy atom. The molecule has 1 aromatic heterocycles. The number of anilines is 3. The van der Waals surface area contributed by atoms with Gasteiger partial charge in [-0.25, -0.2) is 0 Å². The minimum atomic E-state index is 0.680. The van der Waals surface area contributed by atoms with Crippen molar-refractivity contribution in [3.05, 3.63) is 60.8 Å². The molecule has 0 saturated carbocycles. The van der Waals surface area contributed by atoms with E-state index < -0.39 is 0 Å². The Balaban J connectivity index is 0.000000561. The summed E-state index contributed by atoms with van der Waals surface area (Å²) >= 11 is 0. The largest absolute Gasteiger partial charge is 0.397 e. The Morgan fingerprint density at radius 2 is 1.50 bits per heavy atom. The third-order valence-electron chi connectivity index (χ3n) is 2.76. The molecule has 0 saturated heterocycles. The second-order valence-electron chi connectivity index (χ2n) is 4.17. The summed E-state index contributed by atoms with van der Waals surface area (Å²) in [6.07, 6.45) is 1.67. The van der Waals surface area contributed by atoms with Crippen molar-refractivity contribution in [1.29, 1.82) is 0 Å². The first-order valence-corrected chi connectivity index (χ1v) is 7.79. The molecule has 3 N–H and O–H groups in total. The second kappa shape index (κ2) is 9.40. The van der Waals surface area contributed by atoms with Crippen LogP contribution in [0.25, 0.3) is 10.9 Å². The van der Waals surface area contributed by atoms with E-state index in [1.807, 2.05) is 82.3 Å². The van der Waals surface area contributed by atoms with Gasteiger partial charge < -0.3 is 11.1 Å². The van der Waals surface area contributed by atoms with E-state index in [9.17, 15) is 0 Å². The van der Waals surface area contributed by atoms with Gasteiger partial charge in [0.15, 0.2) is 0 Å². The molecule has 2 aromatic carbocycles. The van der Waals surface area contributed by atoms with Crippen LogP contribution in [-0.2, 0) is 0 Å². The number of aromatic nitrogens is 1. The standard InChI is InChI=1S/C15H13N3.2C2H6/c16-12-8-11-9-14(6-7-15(11)17-10-12)18-13-4-2-1-3-5-13;2*1-2/h1-10,18H,16H2;2*1-2H3. The zero-order valence-electron chi connectivity index (χ0n) is 13.8. The molecule has 3 nitrogen and oxygen atoms in total. The van der Waals surface area contributed by atoms with Crippen LogP contribution >= 0.6 is 0 Å². The fourth-order valence-corrected chi connectivity index (χ4v) is 1.91. The van der Waals surface area contributed by atoms with Crippen LogP contribution < -0.4 is 11.1 Å². The first-order valence-electron chi connectivity index (χ1n) is 7.79. The molecule has 3 rings (SSSR count). The summed E-state index contributed by atoms with van der Waals surface area (Å²) in [5.41, 5.74) is 9.46. The molecule has 22 heavy (non-hydrogen) atoms. The third kappa shape index (κ3) is 4.77. The molecule has 1 heterocycles. The van der Waals surface area contributed by atoms with E-state index in [0.717, 1.165) is 22.3 Å². The monoisotopic (exact) mass is 295 g/mol. The van der Waals surface area contributed by atoms with Gasteiger partial charge in [0, 0.05) is 16.8 Å². The third-order valence-corrected chi connectivity index (χ3v) is 2.76. The fraction of sp³-hybridized carbons (Fsp3) is 0.211. The van der Waals surface area contributed by atoms with Gasteiger partial charge in [-0.05, 0) is 36.4 Å². The van der Waals surface area contributed by atoms with Crippen LogP contribution in [0.4, 0.5) is 17.1 Å². The van der Waals surface area contributed by atoms with Crippen molar-refractivity contribution in [2.24, 2.45) is 0 Å². The lowest BCUT2D eigenvalue weighted by atomic mass is 10.2. The van der Waals surface area contributed by atoms with Gasteiger partial charge in [-0.15, -0.1) is 0 Å². The zero-order valence-corrected chi connectivity index (χ0v) is 13.8. The number of nitrogens with one attached hydrogen (secondary N) is 1. The molecule has 3 heteroatoms. The Morgan fingerprint density at radius 1 is 0.818 bits per heavy atom. The highest BCUT2D eigenvalue weighted by molar-refractivity contribution is 5.85. The number of nitrogen functional groups attached to an aromatic ring is 1. The van der Waals surface area contributed by atoms with Crippen LogP contribution in [0, 0.1) is 0 Å². The fourth-order valence-electron chi connectivity index (χ4n) is 1.91. The normalized spacial score (nSPS) is 9.09.